The largest absolute Gasteiger partial charge is 0.504 e. The Hall–Kier alpha value is -1.32. The monoisotopic (exact) mass is 137 g/mol. The molecule has 1 aromatic carbocycles. The zero-order chi connectivity index (χ0) is 6.85. The van der Waals surface area contributed by atoms with Crippen molar-refractivity contribution in [3.63, 3.8) is 0 Å². The number of benzene rings is 1. The second-order valence-corrected chi connectivity index (χ2v) is 1.64. The van der Waals surface area contributed by atoms with Gasteiger partial charge in [-0.3, -0.25) is 0 Å². The summed E-state index contributed by atoms with van der Waals surface area (Å²) in [6, 6.07) is 4.01. The van der Waals surface area contributed by atoms with E-state index in [-0.39, 0.29) is 19.9 Å². The first kappa shape index (κ1) is 8.68. The number of hydrogen-bond donors (Lipinski definition) is 3. The molecule has 0 saturated heterocycles. The normalized spacial score (nSPS) is 8.40. The molecular weight excluding hydrogens is 131 g/mol. The molecule has 0 aromatic heterocycles. The van der Waals surface area contributed by atoms with E-state index in [1.807, 2.05) is 0 Å². The van der Waals surface area contributed by atoms with Gasteiger partial charge >= 0.3 is 0 Å². The van der Waals surface area contributed by atoms with Gasteiger partial charge in [0.05, 0.1) is 0 Å². The summed E-state index contributed by atoms with van der Waals surface area (Å²) in [6.07, 6.45) is 0. The average Bonchev–Trinajstić information content (AvgIpc) is 1.83. The van der Waals surface area contributed by atoms with Crippen molar-refractivity contribution in [1.29, 1.82) is 0 Å². The Morgan fingerprint density at radius 3 is 1.60 bits per heavy atom. The summed E-state index contributed by atoms with van der Waals surface area (Å²) >= 11 is 0. The lowest BCUT2D eigenvalue weighted by Crippen LogP contribution is -1.67. The summed E-state index contributed by atoms with van der Waals surface area (Å²) in [5.74, 6) is -1.09. The van der Waals surface area contributed by atoms with Crippen LogP contribution in [0.1, 0.15) is 0 Å². The molecular formula is C6H6BO3. The number of hydrogen-bond acceptors (Lipinski definition) is 3. The van der Waals surface area contributed by atoms with Crippen LogP contribution in [0.25, 0.3) is 0 Å². The molecule has 0 aliphatic carbocycles. The molecule has 51 valence electrons. The van der Waals surface area contributed by atoms with E-state index in [1.165, 1.54) is 18.2 Å². The van der Waals surface area contributed by atoms with Gasteiger partial charge in [-0.15, -0.1) is 0 Å². The van der Waals surface area contributed by atoms with Gasteiger partial charge in [-0.05, 0) is 12.1 Å². The Morgan fingerprint density at radius 2 is 1.30 bits per heavy atom. The van der Waals surface area contributed by atoms with Gasteiger partial charge in [0, 0.05) is 8.41 Å². The third kappa shape index (κ3) is 1.34. The van der Waals surface area contributed by atoms with Crippen LogP contribution < -0.4 is 0 Å². The minimum atomic E-state index is -0.475. The van der Waals surface area contributed by atoms with Gasteiger partial charge in [0.1, 0.15) is 0 Å². The maximum absolute atomic E-state index is 8.71. The van der Waals surface area contributed by atoms with Crippen LogP contribution in [0, 0.1) is 0 Å². The summed E-state index contributed by atoms with van der Waals surface area (Å²) in [6.45, 7) is 0. The maximum atomic E-state index is 8.71. The SMILES string of the molecule is Oc1cccc(O)c1O.[B]. The summed E-state index contributed by atoms with van der Waals surface area (Å²) in [5, 5.41) is 26.1. The Bertz CT molecular complexity index is 204. The lowest BCUT2D eigenvalue weighted by Gasteiger charge is -1.96. The van der Waals surface area contributed by atoms with Gasteiger partial charge in [-0.2, -0.15) is 0 Å². The van der Waals surface area contributed by atoms with E-state index < -0.39 is 5.75 Å². The molecule has 0 spiro atoms. The number of para-hydroxylation sites is 1. The zero-order valence-corrected chi connectivity index (χ0v) is 5.15. The minimum Gasteiger partial charge on any atom is -0.504 e. The molecule has 0 unspecified atom stereocenters. The highest BCUT2D eigenvalue weighted by atomic mass is 16.3. The number of phenols is 3. The Balaban J connectivity index is 0.000000810. The molecule has 3 nitrogen and oxygen atoms in total. The van der Waals surface area contributed by atoms with Crippen molar-refractivity contribution < 1.29 is 15.3 Å². The van der Waals surface area contributed by atoms with Crippen LogP contribution in [0.4, 0.5) is 0 Å². The van der Waals surface area contributed by atoms with E-state index >= 15 is 0 Å². The number of rotatable bonds is 0. The molecule has 0 aliphatic rings. The molecule has 10 heavy (non-hydrogen) atoms. The van der Waals surface area contributed by atoms with Crippen molar-refractivity contribution in [2.24, 2.45) is 0 Å². The molecule has 1 rings (SSSR count). The second kappa shape index (κ2) is 3.01. The Labute approximate surface area is 60.1 Å². The lowest BCUT2D eigenvalue weighted by molar-refractivity contribution is 0.368. The van der Waals surface area contributed by atoms with Crippen LogP contribution in [0.3, 0.4) is 0 Å². The van der Waals surface area contributed by atoms with Crippen molar-refractivity contribution in [2.45, 2.75) is 0 Å². The van der Waals surface area contributed by atoms with Crippen LogP contribution in [-0.4, -0.2) is 23.7 Å². The number of phenolic OH excluding ortho intramolecular Hbond substituents is 3. The van der Waals surface area contributed by atoms with Crippen molar-refractivity contribution in [3.8, 4) is 17.2 Å². The molecule has 3 radical (unpaired) electrons. The molecule has 0 saturated carbocycles. The number of aromatic hydroxyl groups is 3. The third-order valence-electron chi connectivity index (χ3n) is 0.993. The van der Waals surface area contributed by atoms with E-state index in [4.69, 9.17) is 15.3 Å². The molecule has 0 atom stereocenters. The Morgan fingerprint density at radius 1 is 0.900 bits per heavy atom. The van der Waals surface area contributed by atoms with Crippen LogP contribution >= 0.6 is 0 Å². The molecule has 0 amide bonds. The predicted molar refractivity (Wildman–Crippen MR) is 37.2 cm³/mol. The highest BCUT2D eigenvalue weighted by Crippen LogP contribution is 2.32. The summed E-state index contributed by atoms with van der Waals surface area (Å²) in [4.78, 5) is 0. The quantitative estimate of drug-likeness (QED) is 0.358. The van der Waals surface area contributed by atoms with Crippen molar-refractivity contribution in [3.05, 3.63) is 18.2 Å². The Kier molecular flexibility index (Phi) is 2.61. The summed E-state index contributed by atoms with van der Waals surface area (Å²) in [5.41, 5.74) is 0. The van der Waals surface area contributed by atoms with Gasteiger partial charge in [-0.1, -0.05) is 6.07 Å². The summed E-state index contributed by atoms with van der Waals surface area (Å²) < 4.78 is 0. The van der Waals surface area contributed by atoms with Crippen LogP contribution in [0.2, 0.25) is 0 Å². The zero-order valence-electron chi connectivity index (χ0n) is 5.15. The van der Waals surface area contributed by atoms with Crippen LogP contribution in [-0.2, 0) is 0 Å². The molecule has 4 heteroatoms. The molecule has 0 bridgehead atoms. The average molecular weight is 137 g/mol. The van der Waals surface area contributed by atoms with E-state index in [2.05, 4.69) is 0 Å². The topological polar surface area (TPSA) is 60.7 Å². The van der Waals surface area contributed by atoms with Gasteiger partial charge < -0.3 is 15.3 Å². The van der Waals surface area contributed by atoms with Gasteiger partial charge in [0.15, 0.2) is 17.2 Å². The maximum Gasteiger partial charge on any atom is 0.200 e. The highest BCUT2D eigenvalue weighted by Gasteiger charge is 2.00. The minimum absolute atomic E-state index is 0. The van der Waals surface area contributed by atoms with Crippen molar-refractivity contribution >= 4 is 8.41 Å². The predicted octanol–water partition coefficient (Wildman–Crippen LogP) is 0.423. The van der Waals surface area contributed by atoms with E-state index in [0.29, 0.717) is 0 Å². The van der Waals surface area contributed by atoms with Crippen LogP contribution in [0.15, 0.2) is 18.2 Å². The fourth-order valence-corrected chi connectivity index (χ4v) is 0.519. The molecule has 0 aliphatic heterocycles. The van der Waals surface area contributed by atoms with Gasteiger partial charge in [-0.25, -0.2) is 0 Å². The van der Waals surface area contributed by atoms with E-state index in [0.717, 1.165) is 0 Å². The van der Waals surface area contributed by atoms with Crippen molar-refractivity contribution in [1.82, 2.24) is 0 Å². The van der Waals surface area contributed by atoms with E-state index in [9.17, 15) is 0 Å². The van der Waals surface area contributed by atoms with Crippen LogP contribution in [0.5, 0.6) is 17.2 Å². The van der Waals surface area contributed by atoms with E-state index in [1.54, 1.807) is 0 Å². The first-order valence-electron chi connectivity index (χ1n) is 2.41. The molecule has 0 heterocycles. The second-order valence-electron chi connectivity index (χ2n) is 1.64. The third-order valence-corrected chi connectivity index (χ3v) is 0.993. The fourth-order valence-electron chi connectivity index (χ4n) is 0.519. The smallest absolute Gasteiger partial charge is 0.200 e. The standard InChI is InChI=1S/C6H6O3.B/c7-4-2-1-3-5(8)6(4)9;/h1-3,7-9H;. The lowest BCUT2D eigenvalue weighted by atomic mass is 10.3. The van der Waals surface area contributed by atoms with Gasteiger partial charge in [0.25, 0.3) is 0 Å². The molecule has 3 N–H and O–H groups in total. The van der Waals surface area contributed by atoms with Crippen molar-refractivity contribution in [2.75, 3.05) is 0 Å². The first-order chi connectivity index (χ1) is 4.22. The fraction of sp³-hybridized carbons (Fsp3) is 0. The highest BCUT2D eigenvalue weighted by molar-refractivity contribution is 5.75. The van der Waals surface area contributed by atoms with Gasteiger partial charge in [0.2, 0.25) is 0 Å². The molecule has 1 aromatic rings. The molecule has 0 fully saturated rings. The summed E-state index contributed by atoms with van der Waals surface area (Å²) in [7, 11) is 0. The first-order valence-corrected chi connectivity index (χ1v) is 2.41.